The first kappa shape index (κ1) is 20.4. The number of imide groups is 1. The second kappa shape index (κ2) is 8.48. The van der Waals surface area contributed by atoms with Gasteiger partial charge in [0.2, 0.25) is 5.91 Å². The molecule has 6 nitrogen and oxygen atoms in total. The third-order valence-corrected chi connectivity index (χ3v) is 5.53. The van der Waals surface area contributed by atoms with Gasteiger partial charge in [0.25, 0.3) is 5.91 Å². The number of fused-ring (bicyclic) bond motifs is 1. The minimum atomic E-state index is -0.794. The van der Waals surface area contributed by atoms with Crippen LogP contribution in [0.2, 0.25) is 0 Å². The maximum atomic E-state index is 13.4. The van der Waals surface area contributed by atoms with E-state index in [0.29, 0.717) is 18.2 Å². The van der Waals surface area contributed by atoms with Crippen LogP contribution in [0.1, 0.15) is 33.6 Å². The van der Waals surface area contributed by atoms with Crippen LogP contribution >= 0.6 is 0 Å². The Morgan fingerprint density at radius 2 is 1.67 bits per heavy atom. The van der Waals surface area contributed by atoms with Crippen molar-refractivity contribution in [1.82, 2.24) is 0 Å². The van der Waals surface area contributed by atoms with E-state index in [2.05, 4.69) is 13.8 Å². The maximum Gasteiger partial charge on any atom is 0.266 e. The van der Waals surface area contributed by atoms with E-state index in [4.69, 9.17) is 9.57 Å². The lowest BCUT2D eigenvalue weighted by Gasteiger charge is -2.29. The number of ether oxygens (including phenoxy) is 1. The van der Waals surface area contributed by atoms with Crippen molar-refractivity contribution < 1.29 is 19.2 Å². The van der Waals surface area contributed by atoms with Crippen LogP contribution < -0.4 is 14.7 Å². The SMILES string of the molecule is CCCOc1ccc(N2C(=O)C3ON(c4ccccc4)C(CC(C)C)C3C2=O)cc1. The van der Waals surface area contributed by atoms with Crippen molar-refractivity contribution >= 4 is 23.2 Å². The molecule has 3 atom stereocenters. The van der Waals surface area contributed by atoms with Crippen molar-refractivity contribution in [2.75, 3.05) is 16.6 Å². The smallest absolute Gasteiger partial charge is 0.266 e. The van der Waals surface area contributed by atoms with Gasteiger partial charge in [0.1, 0.15) is 5.75 Å². The Labute approximate surface area is 177 Å². The van der Waals surface area contributed by atoms with Crippen LogP contribution in [0.25, 0.3) is 0 Å². The quantitative estimate of drug-likeness (QED) is 0.643. The second-order valence-electron chi connectivity index (χ2n) is 8.26. The summed E-state index contributed by atoms with van der Waals surface area (Å²) in [4.78, 5) is 33.9. The first-order valence-corrected chi connectivity index (χ1v) is 10.6. The van der Waals surface area contributed by atoms with E-state index in [9.17, 15) is 9.59 Å². The highest BCUT2D eigenvalue weighted by molar-refractivity contribution is 6.23. The third-order valence-electron chi connectivity index (χ3n) is 5.53. The number of hydrogen-bond donors (Lipinski definition) is 0. The van der Waals surface area contributed by atoms with Crippen molar-refractivity contribution in [3.63, 3.8) is 0 Å². The standard InChI is InChI=1S/C24H28N2O4/c1-4-14-29-19-12-10-17(11-13-19)25-23(27)21-20(15-16(2)3)26(30-22(21)24(25)28)18-8-6-5-7-9-18/h5-13,16,20-22H,4,14-15H2,1-3H3. The Balaban J connectivity index is 1.60. The normalized spacial score (nSPS) is 23.4. The van der Waals surface area contributed by atoms with E-state index in [0.717, 1.165) is 24.3 Å². The number of rotatable bonds is 7. The van der Waals surface area contributed by atoms with E-state index in [1.54, 1.807) is 29.3 Å². The molecule has 0 bridgehead atoms. The molecule has 4 rings (SSSR count). The van der Waals surface area contributed by atoms with Gasteiger partial charge < -0.3 is 4.74 Å². The van der Waals surface area contributed by atoms with Crippen LogP contribution in [0.4, 0.5) is 11.4 Å². The fraction of sp³-hybridized carbons (Fsp3) is 0.417. The van der Waals surface area contributed by atoms with Crippen LogP contribution in [0, 0.1) is 11.8 Å². The van der Waals surface area contributed by atoms with E-state index in [1.165, 1.54) is 4.90 Å². The summed E-state index contributed by atoms with van der Waals surface area (Å²) in [5.74, 6) is 0.0615. The Bertz CT molecular complexity index is 897. The van der Waals surface area contributed by atoms with Gasteiger partial charge in [-0.05, 0) is 55.2 Å². The first-order chi connectivity index (χ1) is 14.5. The van der Waals surface area contributed by atoms with Gasteiger partial charge in [-0.2, -0.15) is 0 Å². The van der Waals surface area contributed by atoms with E-state index in [1.807, 2.05) is 37.3 Å². The van der Waals surface area contributed by atoms with Crippen LogP contribution in [0.3, 0.4) is 0 Å². The first-order valence-electron chi connectivity index (χ1n) is 10.6. The van der Waals surface area contributed by atoms with Crippen molar-refractivity contribution in [2.45, 2.75) is 45.8 Å². The number of hydroxylamine groups is 1. The topological polar surface area (TPSA) is 59.1 Å². The largest absolute Gasteiger partial charge is 0.494 e. The fourth-order valence-corrected chi connectivity index (χ4v) is 4.21. The molecule has 30 heavy (non-hydrogen) atoms. The third kappa shape index (κ3) is 3.67. The summed E-state index contributed by atoms with van der Waals surface area (Å²) in [6.45, 7) is 6.90. The minimum absolute atomic E-state index is 0.189. The van der Waals surface area contributed by atoms with Crippen molar-refractivity contribution in [1.29, 1.82) is 0 Å². The van der Waals surface area contributed by atoms with Gasteiger partial charge in [0.15, 0.2) is 6.10 Å². The predicted molar refractivity (Wildman–Crippen MR) is 115 cm³/mol. The molecule has 2 heterocycles. The molecule has 2 aromatic rings. The van der Waals surface area contributed by atoms with Crippen LogP contribution in [-0.4, -0.2) is 30.6 Å². The molecule has 2 amide bonds. The number of hydrogen-bond acceptors (Lipinski definition) is 5. The van der Waals surface area contributed by atoms with Crippen LogP contribution in [0.5, 0.6) is 5.75 Å². The summed E-state index contributed by atoms with van der Waals surface area (Å²) in [5, 5.41) is 1.77. The maximum absolute atomic E-state index is 13.4. The number of anilines is 2. The van der Waals surface area contributed by atoms with Gasteiger partial charge in [0.05, 0.1) is 29.9 Å². The van der Waals surface area contributed by atoms with Gasteiger partial charge in [-0.15, -0.1) is 0 Å². The Hall–Kier alpha value is -2.86. The van der Waals surface area contributed by atoms with Gasteiger partial charge in [-0.1, -0.05) is 39.0 Å². The summed E-state index contributed by atoms with van der Waals surface area (Å²) in [6.07, 6.45) is 0.880. The predicted octanol–water partition coefficient (Wildman–Crippen LogP) is 4.20. The molecule has 2 aromatic carbocycles. The Kier molecular flexibility index (Phi) is 5.77. The lowest BCUT2D eigenvalue weighted by Crippen LogP contribution is -2.41. The molecule has 0 saturated carbocycles. The van der Waals surface area contributed by atoms with Gasteiger partial charge in [-0.3, -0.25) is 14.4 Å². The van der Waals surface area contributed by atoms with Crippen molar-refractivity contribution in [3.8, 4) is 5.75 Å². The van der Waals surface area contributed by atoms with Crippen molar-refractivity contribution in [3.05, 3.63) is 54.6 Å². The molecule has 6 heteroatoms. The molecule has 0 N–H and O–H groups in total. The average molecular weight is 408 g/mol. The molecule has 2 aliphatic heterocycles. The number of benzene rings is 2. The van der Waals surface area contributed by atoms with Gasteiger partial charge in [0, 0.05) is 0 Å². The monoisotopic (exact) mass is 408 g/mol. The number of carbonyl (C=O) groups excluding carboxylic acids is 2. The second-order valence-corrected chi connectivity index (χ2v) is 8.26. The zero-order chi connectivity index (χ0) is 21.3. The van der Waals surface area contributed by atoms with Gasteiger partial charge >= 0.3 is 0 Å². The van der Waals surface area contributed by atoms with Crippen molar-refractivity contribution in [2.24, 2.45) is 11.8 Å². The summed E-state index contributed by atoms with van der Waals surface area (Å²) in [6, 6.07) is 16.6. The summed E-state index contributed by atoms with van der Waals surface area (Å²) in [7, 11) is 0. The molecule has 2 fully saturated rings. The molecule has 2 saturated heterocycles. The van der Waals surface area contributed by atoms with Crippen LogP contribution in [0.15, 0.2) is 54.6 Å². The molecular weight excluding hydrogens is 380 g/mol. The lowest BCUT2D eigenvalue weighted by atomic mass is 9.90. The Morgan fingerprint density at radius 1 is 0.967 bits per heavy atom. The van der Waals surface area contributed by atoms with E-state index >= 15 is 0 Å². The summed E-state index contributed by atoms with van der Waals surface area (Å²) < 4.78 is 5.61. The summed E-state index contributed by atoms with van der Waals surface area (Å²) in [5.41, 5.74) is 1.42. The van der Waals surface area contributed by atoms with Gasteiger partial charge in [-0.25, -0.2) is 9.96 Å². The van der Waals surface area contributed by atoms with Crippen LogP contribution in [-0.2, 0) is 14.4 Å². The fourth-order valence-electron chi connectivity index (χ4n) is 4.21. The molecule has 0 radical (unpaired) electrons. The number of amides is 2. The average Bonchev–Trinajstić information content (AvgIpc) is 3.23. The molecular formula is C24H28N2O4. The molecule has 0 spiro atoms. The molecule has 2 aliphatic rings. The number of carbonyl (C=O) groups is 2. The lowest BCUT2D eigenvalue weighted by molar-refractivity contribution is -0.126. The highest BCUT2D eigenvalue weighted by atomic mass is 16.7. The Morgan fingerprint density at radius 3 is 2.30 bits per heavy atom. The highest BCUT2D eigenvalue weighted by Crippen LogP contribution is 2.42. The zero-order valence-corrected chi connectivity index (χ0v) is 17.7. The highest BCUT2D eigenvalue weighted by Gasteiger charge is 2.59. The number of nitrogens with zero attached hydrogens (tertiary/aromatic N) is 2. The zero-order valence-electron chi connectivity index (χ0n) is 17.7. The summed E-state index contributed by atoms with van der Waals surface area (Å²) >= 11 is 0. The molecule has 0 aliphatic carbocycles. The molecule has 3 unspecified atom stereocenters. The molecule has 158 valence electrons. The molecule has 0 aromatic heterocycles. The number of para-hydroxylation sites is 1. The van der Waals surface area contributed by atoms with E-state index in [-0.39, 0.29) is 17.9 Å². The van der Waals surface area contributed by atoms with E-state index < -0.39 is 12.0 Å². The minimum Gasteiger partial charge on any atom is -0.494 e.